The van der Waals surface area contributed by atoms with Crippen molar-refractivity contribution in [2.24, 2.45) is 0 Å². The number of thiazole rings is 1. The molecule has 4 aromatic heterocycles. The highest BCUT2D eigenvalue weighted by atomic mass is 79.9. The van der Waals surface area contributed by atoms with E-state index < -0.39 is 0 Å². The van der Waals surface area contributed by atoms with Crippen molar-refractivity contribution in [3.05, 3.63) is 62.2 Å². The van der Waals surface area contributed by atoms with Gasteiger partial charge in [-0.2, -0.15) is 0 Å². The number of thiophene rings is 1. The Morgan fingerprint density at radius 3 is 2.88 bits per heavy atom. The lowest BCUT2D eigenvalue weighted by atomic mass is 10.3. The molecule has 0 spiro atoms. The maximum atomic E-state index is 12.2. The summed E-state index contributed by atoms with van der Waals surface area (Å²) in [6.07, 6.45) is 4.08. The van der Waals surface area contributed by atoms with Crippen LogP contribution in [0.3, 0.4) is 0 Å². The van der Waals surface area contributed by atoms with E-state index in [4.69, 9.17) is 11.6 Å². The van der Waals surface area contributed by atoms with Gasteiger partial charge >= 0.3 is 0 Å². The van der Waals surface area contributed by atoms with Crippen LogP contribution in [0.1, 0.15) is 11.4 Å². The Kier molecular flexibility index (Phi) is 5.08. The summed E-state index contributed by atoms with van der Waals surface area (Å²) in [4.78, 5) is 22.2. The molecule has 0 aliphatic heterocycles. The van der Waals surface area contributed by atoms with E-state index >= 15 is 0 Å². The van der Waals surface area contributed by atoms with Crippen LogP contribution in [-0.2, 0) is 17.8 Å². The number of rotatable bonds is 5. The summed E-state index contributed by atoms with van der Waals surface area (Å²) in [5.74, 6) is -0.0794. The van der Waals surface area contributed by atoms with Gasteiger partial charge in [0.25, 0.3) is 0 Å². The summed E-state index contributed by atoms with van der Waals surface area (Å²) in [6.45, 7) is 0.385. The number of amides is 1. The molecule has 0 fully saturated rings. The van der Waals surface area contributed by atoms with Gasteiger partial charge in [0.05, 0.1) is 33.6 Å². The molecular formula is C17H12BrClN4OS2. The molecular weight excluding hydrogens is 456 g/mol. The molecule has 1 amide bonds. The standard InChI is InChI=1S/C17H12BrClN4OS2/c18-10-1-4-15-21-12(8-23(15)7-10)6-20-16(24)5-11-9-25-17(22-11)13-2-3-14(19)26-13/h1-4,7-9H,5-6H2,(H,20,24). The highest BCUT2D eigenvalue weighted by Crippen LogP contribution is 2.32. The zero-order chi connectivity index (χ0) is 18.1. The predicted octanol–water partition coefficient (Wildman–Crippen LogP) is 4.79. The largest absolute Gasteiger partial charge is 0.350 e. The molecule has 0 aliphatic carbocycles. The van der Waals surface area contributed by atoms with Gasteiger partial charge in [-0.25, -0.2) is 9.97 Å². The summed E-state index contributed by atoms with van der Waals surface area (Å²) < 4.78 is 3.63. The molecule has 26 heavy (non-hydrogen) atoms. The fraction of sp³-hybridized carbons (Fsp3) is 0.118. The number of halogens is 2. The van der Waals surface area contributed by atoms with Crippen molar-refractivity contribution < 1.29 is 4.79 Å². The maximum absolute atomic E-state index is 12.2. The normalized spacial score (nSPS) is 11.2. The van der Waals surface area contributed by atoms with Crippen LogP contribution < -0.4 is 5.32 Å². The number of imidazole rings is 1. The highest BCUT2D eigenvalue weighted by molar-refractivity contribution is 9.10. The number of nitrogens with one attached hydrogen (secondary N) is 1. The number of carbonyl (C=O) groups is 1. The van der Waals surface area contributed by atoms with E-state index in [9.17, 15) is 4.79 Å². The third-order valence-electron chi connectivity index (χ3n) is 3.61. The minimum absolute atomic E-state index is 0.0794. The third-order valence-corrected chi connectivity index (χ3v) is 6.37. The van der Waals surface area contributed by atoms with Gasteiger partial charge in [0.2, 0.25) is 5.91 Å². The number of aromatic nitrogens is 3. The molecule has 0 unspecified atom stereocenters. The maximum Gasteiger partial charge on any atom is 0.226 e. The second-order valence-corrected chi connectivity index (χ2v) is 9.04. The molecule has 0 radical (unpaired) electrons. The Labute approximate surface area is 170 Å². The van der Waals surface area contributed by atoms with E-state index in [2.05, 4.69) is 31.2 Å². The second-order valence-electron chi connectivity index (χ2n) is 5.55. The molecule has 0 bridgehead atoms. The number of hydrogen-bond acceptors (Lipinski definition) is 5. The molecule has 9 heteroatoms. The predicted molar refractivity (Wildman–Crippen MR) is 109 cm³/mol. The summed E-state index contributed by atoms with van der Waals surface area (Å²) in [6, 6.07) is 7.65. The lowest BCUT2D eigenvalue weighted by molar-refractivity contribution is -0.120. The number of pyridine rings is 1. The molecule has 0 aromatic carbocycles. The highest BCUT2D eigenvalue weighted by Gasteiger charge is 2.11. The van der Waals surface area contributed by atoms with E-state index in [1.165, 1.54) is 22.7 Å². The Morgan fingerprint density at radius 1 is 1.19 bits per heavy atom. The van der Waals surface area contributed by atoms with E-state index in [1.807, 2.05) is 46.4 Å². The average molecular weight is 468 g/mol. The lowest BCUT2D eigenvalue weighted by Crippen LogP contribution is -2.24. The number of fused-ring (bicyclic) bond motifs is 1. The Balaban J connectivity index is 1.37. The van der Waals surface area contributed by atoms with Crippen molar-refractivity contribution in [1.82, 2.24) is 19.7 Å². The van der Waals surface area contributed by atoms with Gasteiger partial charge in [-0.05, 0) is 40.2 Å². The summed E-state index contributed by atoms with van der Waals surface area (Å²) >= 11 is 12.4. The van der Waals surface area contributed by atoms with Crippen LogP contribution in [0.2, 0.25) is 4.34 Å². The van der Waals surface area contributed by atoms with Crippen molar-refractivity contribution in [3.63, 3.8) is 0 Å². The minimum atomic E-state index is -0.0794. The zero-order valence-corrected chi connectivity index (χ0v) is 17.3. The number of carbonyl (C=O) groups excluding carboxylic acids is 1. The monoisotopic (exact) mass is 466 g/mol. The SMILES string of the molecule is O=C(Cc1csc(-c2ccc(Cl)s2)n1)NCc1cn2cc(Br)ccc2n1. The van der Waals surface area contributed by atoms with Crippen LogP contribution >= 0.6 is 50.2 Å². The third kappa shape index (κ3) is 3.98. The first kappa shape index (κ1) is 17.7. The number of nitrogens with zero attached hydrogens (tertiary/aromatic N) is 3. The quantitative estimate of drug-likeness (QED) is 0.459. The van der Waals surface area contributed by atoms with Gasteiger partial charge in [0.1, 0.15) is 10.7 Å². The van der Waals surface area contributed by atoms with E-state index in [0.29, 0.717) is 6.54 Å². The second kappa shape index (κ2) is 7.48. The zero-order valence-electron chi connectivity index (χ0n) is 13.3. The summed E-state index contributed by atoms with van der Waals surface area (Å²) in [5, 5.41) is 5.69. The molecule has 4 rings (SSSR count). The molecule has 0 saturated heterocycles. The average Bonchev–Trinajstić information content (AvgIpc) is 3.32. The smallest absolute Gasteiger partial charge is 0.226 e. The summed E-state index contributed by atoms with van der Waals surface area (Å²) in [7, 11) is 0. The molecule has 0 aliphatic rings. The fourth-order valence-corrected chi connectivity index (χ4v) is 4.74. The van der Waals surface area contributed by atoms with Crippen molar-refractivity contribution in [3.8, 4) is 9.88 Å². The van der Waals surface area contributed by atoms with Gasteiger partial charge in [0.15, 0.2) is 0 Å². The van der Waals surface area contributed by atoms with Crippen molar-refractivity contribution in [2.75, 3.05) is 0 Å². The van der Waals surface area contributed by atoms with Gasteiger partial charge in [-0.1, -0.05) is 11.6 Å². The van der Waals surface area contributed by atoms with Gasteiger partial charge in [-0.15, -0.1) is 22.7 Å². The Hall–Kier alpha value is -1.74. The molecule has 4 heterocycles. The van der Waals surface area contributed by atoms with Crippen molar-refractivity contribution in [2.45, 2.75) is 13.0 Å². The van der Waals surface area contributed by atoms with Crippen LogP contribution in [0.25, 0.3) is 15.5 Å². The van der Waals surface area contributed by atoms with Crippen LogP contribution in [0, 0.1) is 0 Å². The molecule has 0 atom stereocenters. The van der Waals surface area contributed by atoms with Crippen molar-refractivity contribution in [1.29, 1.82) is 0 Å². The first-order valence-electron chi connectivity index (χ1n) is 7.67. The Morgan fingerprint density at radius 2 is 2.08 bits per heavy atom. The van der Waals surface area contributed by atoms with Crippen molar-refractivity contribution >= 4 is 61.8 Å². The van der Waals surface area contributed by atoms with Crippen LogP contribution in [0.15, 0.2) is 46.5 Å². The Bertz CT molecular complexity index is 1090. The fourth-order valence-electron chi connectivity index (χ4n) is 2.45. The van der Waals surface area contributed by atoms with Gasteiger partial charge in [0, 0.05) is 22.2 Å². The molecule has 5 nitrogen and oxygen atoms in total. The molecule has 0 saturated carbocycles. The lowest BCUT2D eigenvalue weighted by Gasteiger charge is -2.01. The molecule has 1 N–H and O–H groups in total. The molecule has 4 aromatic rings. The van der Waals surface area contributed by atoms with Crippen LogP contribution in [-0.4, -0.2) is 20.3 Å². The van der Waals surface area contributed by atoms with Gasteiger partial charge in [-0.3, -0.25) is 4.79 Å². The summed E-state index contributed by atoms with van der Waals surface area (Å²) in [5.41, 5.74) is 2.41. The topological polar surface area (TPSA) is 59.3 Å². The number of hydrogen-bond donors (Lipinski definition) is 1. The van der Waals surface area contributed by atoms with E-state index in [1.54, 1.807) is 0 Å². The van der Waals surface area contributed by atoms with E-state index in [0.717, 1.165) is 35.7 Å². The van der Waals surface area contributed by atoms with Crippen LogP contribution in [0.5, 0.6) is 0 Å². The van der Waals surface area contributed by atoms with Crippen LogP contribution in [0.4, 0.5) is 0 Å². The first-order chi connectivity index (χ1) is 12.6. The minimum Gasteiger partial charge on any atom is -0.350 e. The first-order valence-corrected chi connectivity index (χ1v) is 10.5. The van der Waals surface area contributed by atoms with Gasteiger partial charge < -0.3 is 9.72 Å². The molecule has 132 valence electrons. The van der Waals surface area contributed by atoms with E-state index in [-0.39, 0.29) is 12.3 Å².